The lowest BCUT2D eigenvalue weighted by molar-refractivity contribution is 0.315. The van der Waals surface area contributed by atoms with E-state index in [-0.39, 0.29) is 0 Å². The van der Waals surface area contributed by atoms with E-state index in [0.717, 1.165) is 42.3 Å². The van der Waals surface area contributed by atoms with Gasteiger partial charge in [0, 0.05) is 30.9 Å². The highest BCUT2D eigenvalue weighted by molar-refractivity contribution is 7.09. The number of aromatic nitrogens is 1. The van der Waals surface area contributed by atoms with Crippen molar-refractivity contribution in [1.82, 2.24) is 15.6 Å². The molecule has 0 aromatic carbocycles. The lowest BCUT2D eigenvalue weighted by Gasteiger charge is -2.22. The fourth-order valence-corrected chi connectivity index (χ4v) is 4.41. The van der Waals surface area contributed by atoms with Crippen LogP contribution in [0.3, 0.4) is 0 Å². The predicted octanol–water partition coefficient (Wildman–Crippen LogP) is 3.52. The van der Waals surface area contributed by atoms with Gasteiger partial charge in [-0.2, -0.15) is 0 Å². The number of nitrogens with one attached hydrogen (secondary N) is 2. The fraction of sp³-hybridized carbons (Fsp3) is 0.778. The van der Waals surface area contributed by atoms with Crippen molar-refractivity contribution >= 4 is 17.3 Å². The lowest BCUT2D eigenvalue weighted by atomic mass is 9.85. The van der Waals surface area contributed by atoms with Gasteiger partial charge in [0.25, 0.3) is 0 Å². The molecule has 23 heavy (non-hydrogen) atoms. The molecule has 0 saturated heterocycles. The third-order valence-corrected chi connectivity index (χ3v) is 5.89. The number of aryl methyl sites for hydroxylation is 1. The largest absolute Gasteiger partial charge is 0.357 e. The molecule has 0 radical (unpaired) electrons. The van der Waals surface area contributed by atoms with Gasteiger partial charge in [-0.3, -0.25) is 4.99 Å². The van der Waals surface area contributed by atoms with E-state index >= 15 is 0 Å². The minimum absolute atomic E-state index is 0.650. The second-order valence-electron chi connectivity index (χ2n) is 6.92. The maximum Gasteiger partial charge on any atom is 0.191 e. The van der Waals surface area contributed by atoms with Gasteiger partial charge in [-0.05, 0) is 32.1 Å². The Morgan fingerprint density at radius 2 is 2.17 bits per heavy atom. The monoisotopic (exact) mass is 334 g/mol. The van der Waals surface area contributed by atoms with E-state index in [0.29, 0.717) is 6.04 Å². The number of hydrogen-bond donors (Lipinski definition) is 2. The molecule has 128 valence electrons. The average molecular weight is 335 g/mol. The van der Waals surface area contributed by atoms with Crippen molar-refractivity contribution in [3.8, 4) is 0 Å². The van der Waals surface area contributed by atoms with E-state index < -0.39 is 0 Å². The van der Waals surface area contributed by atoms with Gasteiger partial charge in [-0.1, -0.05) is 32.1 Å². The van der Waals surface area contributed by atoms with E-state index in [1.807, 2.05) is 0 Å². The molecule has 2 aliphatic rings. The van der Waals surface area contributed by atoms with Crippen LogP contribution in [-0.2, 0) is 6.42 Å². The minimum atomic E-state index is 0.650. The van der Waals surface area contributed by atoms with E-state index in [1.54, 1.807) is 11.3 Å². The van der Waals surface area contributed by atoms with E-state index in [4.69, 9.17) is 4.99 Å². The molecule has 3 rings (SSSR count). The zero-order valence-electron chi connectivity index (χ0n) is 14.5. The Bertz CT molecular complexity index is 519. The van der Waals surface area contributed by atoms with Gasteiger partial charge in [0.05, 0.1) is 10.7 Å². The van der Waals surface area contributed by atoms with Crippen LogP contribution in [0.25, 0.3) is 0 Å². The summed E-state index contributed by atoms with van der Waals surface area (Å²) < 4.78 is 0. The van der Waals surface area contributed by atoms with Gasteiger partial charge in [0.1, 0.15) is 0 Å². The Morgan fingerprint density at radius 1 is 1.35 bits per heavy atom. The fourth-order valence-electron chi connectivity index (χ4n) is 3.76. The molecule has 5 heteroatoms. The summed E-state index contributed by atoms with van der Waals surface area (Å²) in [6.45, 7) is 5.91. The highest BCUT2D eigenvalue weighted by atomic mass is 32.1. The van der Waals surface area contributed by atoms with Crippen molar-refractivity contribution in [1.29, 1.82) is 0 Å². The summed E-state index contributed by atoms with van der Waals surface area (Å²) in [5, 5.41) is 10.3. The van der Waals surface area contributed by atoms with E-state index in [2.05, 4.69) is 34.8 Å². The minimum Gasteiger partial charge on any atom is -0.357 e. The first-order valence-corrected chi connectivity index (χ1v) is 10.1. The molecule has 2 unspecified atom stereocenters. The second-order valence-corrected chi connectivity index (χ2v) is 7.98. The van der Waals surface area contributed by atoms with Crippen LogP contribution in [0.4, 0.5) is 0 Å². The summed E-state index contributed by atoms with van der Waals surface area (Å²) >= 11 is 1.72. The molecular weight excluding hydrogens is 304 g/mol. The Hall–Kier alpha value is -1.10. The second kappa shape index (κ2) is 8.13. The SMILES string of the molecule is CCNC(=NCCc1csc(C)n1)NC1CC1C1CCCCC1. The van der Waals surface area contributed by atoms with Crippen LogP contribution < -0.4 is 10.6 Å². The van der Waals surface area contributed by atoms with Crippen LogP contribution >= 0.6 is 11.3 Å². The Kier molecular flexibility index (Phi) is 5.92. The van der Waals surface area contributed by atoms with E-state index in [9.17, 15) is 0 Å². The van der Waals surface area contributed by atoms with Crippen LogP contribution in [0.2, 0.25) is 0 Å². The average Bonchev–Trinajstić information content (AvgIpc) is 3.21. The number of nitrogens with zero attached hydrogens (tertiary/aromatic N) is 2. The van der Waals surface area contributed by atoms with Gasteiger partial charge in [-0.25, -0.2) is 4.98 Å². The van der Waals surface area contributed by atoms with Gasteiger partial charge in [-0.15, -0.1) is 11.3 Å². The Morgan fingerprint density at radius 3 is 2.87 bits per heavy atom. The van der Waals surface area contributed by atoms with Crippen LogP contribution in [0.1, 0.15) is 56.2 Å². The summed E-state index contributed by atoms with van der Waals surface area (Å²) in [5.74, 6) is 2.84. The molecule has 0 aliphatic heterocycles. The smallest absolute Gasteiger partial charge is 0.191 e. The molecular formula is C18H30N4S. The molecule has 2 fully saturated rings. The summed E-state index contributed by atoms with van der Waals surface area (Å²) in [5.41, 5.74) is 1.17. The molecule has 2 saturated carbocycles. The van der Waals surface area contributed by atoms with Crippen molar-refractivity contribution in [2.45, 2.75) is 64.8 Å². The van der Waals surface area contributed by atoms with Crippen molar-refractivity contribution in [2.24, 2.45) is 16.8 Å². The highest BCUT2D eigenvalue weighted by Gasteiger charge is 2.43. The Balaban J connectivity index is 1.45. The van der Waals surface area contributed by atoms with Crippen LogP contribution in [0, 0.1) is 18.8 Å². The Labute approximate surface area is 144 Å². The third kappa shape index (κ3) is 4.93. The van der Waals surface area contributed by atoms with Crippen molar-refractivity contribution in [3.05, 3.63) is 16.1 Å². The first-order chi connectivity index (χ1) is 11.3. The first kappa shape index (κ1) is 16.7. The molecule has 2 atom stereocenters. The normalized spacial score (nSPS) is 25.4. The van der Waals surface area contributed by atoms with Gasteiger partial charge >= 0.3 is 0 Å². The van der Waals surface area contributed by atoms with Crippen molar-refractivity contribution in [3.63, 3.8) is 0 Å². The lowest BCUT2D eigenvalue weighted by Crippen LogP contribution is -2.39. The van der Waals surface area contributed by atoms with E-state index in [1.165, 1.54) is 44.2 Å². The number of aliphatic imine (C=N–C) groups is 1. The summed E-state index contributed by atoms with van der Waals surface area (Å²) in [6.07, 6.45) is 9.48. The molecule has 1 aromatic rings. The van der Waals surface area contributed by atoms with Crippen LogP contribution in [-0.4, -0.2) is 30.1 Å². The number of hydrogen-bond acceptors (Lipinski definition) is 3. The first-order valence-electron chi connectivity index (χ1n) is 9.22. The molecule has 0 amide bonds. The topological polar surface area (TPSA) is 49.3 Å². The molecule has 1 aromatic heterocycles. The molecule has 2 aliphatic carbocycles. The zero-order valence-corrected chi connectivity index (χ0v) is 15.3. The zero-order chi connectivity index (χ0) is 16.1. The standard InChI is InChI=1S/C18H30N4S/c1-3-19-18(20-10-9-15-12-23-13(2)21-15)22-17-11-16(17)14-7-5-4-6-8-14/h12,14,16-17H,3-11H2,1-2H3,(H2,19,20,22). The molecule has 2 N–H and O–H groups in total. The van der Waals surface area contributed by atoms with Gasteiger partial charge < -0.3 is 10.6 Å². The van der Waals surface area contributed by atoms with Gasteiger partial charge in [0.2, 0.25) is 0 Å². The predicted molar refractivity (Wildman–Crippen MR) is 98.1 cm³/mol. The van der Waals surface area contributed by atoms with Crippen LogP contribution in [0.5, 0.6) is 0 Å². The highest BCUT2D eigenvalue weighted by Crippen LogP contribution is 2.44. The maximum atomic E-state index is 4.74. The number of guanidine groups is 1. The van der Waals surface area contributed by atoms with Gasteiger partial charge in [0.15, 0.2) is 5.96 Å². The third-order valence-electron chi connectivity index (χ3n) is 5.07. The quantitative estimate of drug-likeness (QED) is 0.618. The summed E-state index contributed by atoms with van der Waals surface area (Å²) in [4.78, 5) is 9.25. The number of thiazole rings is 1. The molecule has 4 nitrogen and oxygen atoms in total. The molecule has 1 heterocycles. The summed E-state index contributed by atoms with van der Waals surface area (Å²) in [7, 11) is 0. The van der Waals surface area contributed by atoms with Crippen LogP contribution in [0.15, 0.2) is 10.4 Å². The van der Waals surface area contributed by atoms with Crippen molar-refractivity contribution in [2.75, 3.05) is 13.1 Å². The van der Waals surface area contributed by atoms with Crippen molar-refractivity contribution < 1.29 is 0 Å². The number of rotatable bonds is 6. The molecule has 0 bridgehead atoms. The maximum absolute atomic E-state index is 4.74. The summed E-state index contributed by atoms with van der Waals surface area (Å²) in [6, 6.07) is 0.650. The molecule has 0 spiro atoms.